The number of rotatable bonds is 7. The molecule has 1 aliphatic rings. The third-order valence-corrected chi connectivity index (χ3v) is 6.97. The van der Waals surface area contributed by atoms with Crippen LogP contribution in [0.3, 0.4) is 0 Å². The molecule has 0 radical (unpaired) electrons. The Bertz CT molecular complexity index is 1380. The van der Waals surface area contributed by atoms with Crippen molar-refractivity contribution in [1.29, 1.82) is 0 Å². The van der Waals surface area contributed by atoms with Crippen molar-refractivity contribution in [2.24, 2.45) is 0 Å². The molecule has 0 bridgehead atoms. The molecule has 1 N–H and O–H groups in total. The lowest BCUT2D eigenvalue weighted by Gasteiger charge is -2.21. The Morgan fingerprint density at radius 3 is 2.26 bits per heavy atom. The second-order valence-electron chi connectivity index (χ2n) is 9.87. The number of nitrogens with one attached hydrogen (secondary N) is 1. The lowest BCUT2D eigenvalue weighted by molar-refractivity contribution is -0.00789. The van der Waals surface area contributed by atoms with Gasteiger partial charge in [0.25, 0.3) is 5.91 Å². The van der Waals surface area contributed by atoms with Gasteiger partial charge in [-0.3, -0.25) is 4.79 Å². The first-order valence-corrected chi connectivity index (χ1v) is 13.2. The standard InChI is InChI=1S/C29H28Cl3NO5/c1-15(2)37-25-11-18(28(35)38-26-23(31)12-20(30)13-24(26)32)6-8-21(25)16(3)33-27(34)17-7-9-22-19(10-17)14-36-29(22,4)5/h6-13,15-16H,14H2,1-5H3,(H,33,34)/t16-/m0/s1. The van der Waals surface area contributed by atoms with E-state index in [1.165, 1.54) is 12.1 Å². The smallest absolute Gasteiger partial charge is 0.343 e. The second-order valence-corrected chi connectivity index (χ2v) is 11.1. The highest BCUT2D eigenvalue weighted by atomic mass is 35.5. The summed E-state index contributed by atoms with van der Waals surface area (Å²) in [6.45, 7) is 10.1. The zero-order valence-corrected chi connectivity index (χ0v) is 23.9. The average Bonchev–Trinajstić information content (AvgIpc) is 3.14. The molecule has 1 amide bonds. The highest BCUT2D eigenvalue weighted by Crippen LogP contribution is 2.38. The van der Waals surface area contributed by atoms with Gasteiger partial charge in [-0.15, -0.1) is 0 Å². The van der Waals surface area contributed by atoms with E-state index < -0.39 is 12.0 Å². The summed E-state index contributed by atoms with van der Waals surface area (Å²) < 4.78 is 17.3. The lowest BCUT2D eigenvalue weighted by Crippen LogP contribution is -2.27. The van der Waals surface area contributed by atoms with Gasteiger partial charge in [-0.2, -0.15) is 0 Å². The highest BCUT2D eigenvalue weighted by Gasteiger charge is 2.31. The van der Waals surface area contributed by atoms with Crippen LogP contribution >= 0.6 is 34.8 Å². The van der Waals surface area contributed by atoms with Gasteiger partial charge in [0.2, 0.25) is 0 Å². The predicted molar refractivity (Wildman–Crippen MR) is 149 cm³/mol. The number of halogens is 3. The maximum absolute atomic E-state index is 13.1. The molecule has 6 nitrogen and oxygen atoms in total. The average molecular weight is 577 g/mol. The van der Waals surface area contributed by atoms with Crippen molar-refractivity contribution in [1.82, 2.24) is 5.32 Å². The molecule has 200 valence electrons. The van der Waals surface area contributed by atoms with Gasteiger partial charge in [-0.1, -0.05) is 46.9 Å². The Morgan fingerprint density at radius 2 is 1.61 bits per heavy atom. The first kappa shape index (κ1) is 28.2. The molecule has 0 aromatic heterocycles. The SMILES string of the molecule is CC(C)Oc1cc(C(=O)Oc2c(Cl)cc(Cl)cc2Cl)ccc1[C@H](C)NC(=O)c1ccc2c(c1)COC2(C)C. The summed E-state index contributed by atoms with van der Waals surface area (Å²) in [5.74, 6) is -0.436. The molecule has 3 aromatic rings. The molecule has 0 spiro atoms. The van der Waals surface area contributed by atoms with Gasteiger partial charge in [0.1, 0.15) is 5.75 Å². The number of carbonyl (C=O) groups is 2. The molecule has 0 saturated heterocycles. The highest BCUT2D eigenvalue weighted by molar-refractivity contribution is 6.40. The molecule has 0 fully saturated rings. The fourth-order valence-corrected chi connectivity index (χ4v) is 5.18. The second kappa shape index (κ2) is 11.1. The van der Waals surface area contributed by atoms with Gasteiger partial charge in [0.05, 0.1) is 40.0 Å². The molecule has 0 saturated carbocycles. The van der Waals surface area contributed by atoms with E-state index in [0.29, 0.717) is 28.5 Å². The summed E-state index contributed by atoms with van der Waals surface area (Å²) in [5.41, 5.74) is 3.19. The van der Waals surface area contributed by atoms with Crippen LogP contribution in [-0.2, 0) is 16.9 Å². The van der Waals surface area contributed by atoms with Crippen LogP contribution in [0.4, 0.5) is 0 Å². The molecule has 0 aliphatic carbocycles. The van der Waals surface area contributed by atoms with Crippen molar-refractivity contribution < 1.29 is 23.8 Å². The van der Waals surface area contributed by atoms with Gasteiger partial charge >= 0.3 is 5.97 Å². The molecular formula is C29H28Cl3NO5. The molecule has 3 aromatic carbocycles. The van der Waals surface area contributed by atoms with Crippen LogP contribution in [0, 0.1) is 0 Å². The number of carbonyl (C=O) groups excluding carboxylic acids is 2. The zero-order valence-electron chi connectivity index (χ0n) is 21.7. The Morgan fingerprint density at radius 1 is 0.947 bits per heavy atom. The van der Waals surface area contributed by atoms with E-state index in [4.69, 9.17) is 49.0 Å². The predicted octanol–water partition coefficient (Wildman–Crippen LogP) is 7.91. The monoisotopic (exact) mass is 575 g/mol. The van der Waals surface area contributed by atoms with E-state index in [1.807, 2.05) is 46.8 Å². The van der Waals surface area contributed by atoms with Gasteiger partial charge in [0, 0.05) is 16.1 Å². The molecule has 1 heterocycles. The Balaban J connectivity index is 1.55. The Kier molecular flexibility index (Phi) is 8.29. The maximum Gasteiger partial charge on any atom is 0.343 e. The number of fused-ring (bicyclic) bond motifs is 1. The number of ether oxygens (including phenoxy) is 3. The number of benzene rings is 3. The largest absolute Gasteiger partial charge is 0.491 e. The van der Waals surface area contributed by atoms with Crippen LogP contribution < -0.4 is 14.8 Å². The summed E-state index contributed by atoms with van der Waals surface area (Å²) in [5, 5.41) is 3.58. The van der Waals surface area contributed by atoms with Crippen LogP contribution in [-0.4, -0.2) is 18.0 Å². The van der Waals surface area contributed by atoms with Crippen molar-refractivity contribution in [2.75, 3.05) is 0 Å². The van der Waals surface area contributed by atoms with Crippen molar-refractivity contribution in [3.8, 4) is 11.5 Å². The fourth-order valence-electron chi connectivity index (χ4n) is 4.29. The van der Waals surface area contributed by atoms with Gasteiger partial charge in [-0.25, -0.2) is 4.79 Å². The van der Waals surface area contributed by atoms with Crippen LogP contribution in [0.25, 0.3) is 0 Å². The Hall–Kier alpha value is -2.77. The number of hydrogen-bond acceptors (Lipinski definition) is 5. The van der Waals surface area contributed by atoms with E-state index in [2.05, 4.69) is 5.32 Å². The third-order valence-electron chi connectivity index (χ3n) is 6.19. The first-order chi connectivity index (χ1) is 17.9. The molecule has 9 heteroatoms. The molecule has 0 unspecified atom stereocenters. The van der Waals surface area contributed by atoms with Crippen LogP contribution in [0.2, 0.25) is 15.1 Å². The molecule has 38 heavy (non-hydrogen) atoms. The lowest BCUT2D eigenvalue weighted by atomic mass is 9.94. The van der Waals surface area contributed by atoms with Crippen molar-refractivity contribution >= 4 is 46.7 Å². The quantitative estimate of drug-likeness (QED) is 0.228. The van der Waals surface area contributed by atoms with Crippen LogP contribution in [0.15, 0.2) is 48.5 Å². The summed E-state index contributed by atoms with van der Waals surface area (Å²) in [7, 11) is 0. The first-order valence-electron chi connectivity index (χ1n) is 12.1. The normalized spacial score (nSPS) is 14.7. The van der Waals surface area contributed by atoms with E-state index in [0.717, 1.165) is 11.1 Å². The van der Waals surface area contributed by atoms with Gasteiger partial charge in [-0.05, 0) is 82.1 Å². The number of hydrogen-bond donors (Lipinski definition) is 1. The van der Waals surface area contributed by atoms with Crippen molar-refractivity contribution in [3.05, 3.63) is 91.4 Å². The minimum atomic E-state index is -0.670. The number of esters is 1. The van der Waals surface area contributed by atoms with Gasteiger partial charge < -0.3 is 19.5 Å². The summed E-state index contributed by atoms with van der Waals surface area (Å²) >= 11 is 18.3. The maximum atomic E-state index is 13.1. The molecule has 1 aliphatic heterocycles. The minimum Gasteiger partial charge on any atom is -0.491 e. The molecular weight excluding hydrogens is 549 g/mol. The summed E-state index contributed by atoms with van der Waals surface area (Å²) in [4.78, 5) is 26.0. The van der Waals surface area contributed by atoms with Crippen LogP contribution in [0.5, 0.6) is 11.5 Å². The van der Waals surface area contributed by atoms with E-state index >= 15 is 0 Å². The van der Waals surface area contributed by atoms with Crippen LogP contribution in [0.1, 0.15) is 78.1 Å². The summed E-state index contributed by atoms with van der Waals surface area (Å²) in [6.07, 6.45) is -0.178. The van der Waals surface area contributed by atoms with Gasteiger partial charge in [0.15, 0.2) is 5.75 Å². The topological polar surface area (TPSA) is 73.9 Å². The number of amides is 1. The van der Waals surface area contributed by atoms with E-state index in [1.54, 1.807) is 24.3 Å². The minimum absolute atomic E-state index is 0.0157. The van der Waals surface area contributed by atoms with Crippen molar-refractivity contribution in [2.45, 2.75) is 59.0 Å². The molecule has 1 atom stereocenters. The molecule has 4 rings (SSSR count). The van der Waals surface area contributed by atoms with E-state index in [-0.39, 0.29) is 39.0 Å². The fraction of sp³-hybridized carbons (Fsp3) is 0.310. The zero-order chi connectivity index (χ0) is 27.8. The summed E-state index contributed by atoms with van der Waals surface area (Å²) in [6, 6.07) is 13.0. The third kappa shape index (κ3) is 6.10. The Labute approximate surface area is 237 Å². The van der Waals surface area contributed by atoms with Crippen molar-refractivity contribution in [3.63, 3.8) is 0 Å². The van der Waals surface area contributed by atoms with E-state index in [9.17, 15) is 9.59 Å².